The number of rotatable bonds is 6. The largest absolute Gasteiger partial charge is 0.379 e. The molecule has 0 spiro atoms. The Hall–Kier alpha value is -1.26. The van der Waals surface area contributed by atoms with Gasteiger partial charge < -0.3 is 10.1 Å². The van der Waals surface area contributed by atoms with Crippen LogP contribution in [-0.4, -0.2) is 44.9 Å². The van der Waals surface area contributed by atoms with Gasteiger partial charge in [-0.2, -0.15) is 4.31 Å². The number of carbonyl (C=O) groups is 1. The number of thiophene rings is 1. The van der Waals surface area contributed by atoms with E-state index >= 15 is 0 Å². The Morgan fingerprint density at radius 2 is 1.89 bits per heavy atom. The number of hydrogen-bond acceptors (Lipinski definition) is 5. The summed E-state index contributed by atoms with van der Waals surface area (Å²) >= 11 is 4.54. The van der Waals surface area contributed by atoms with E-state index in [1.165, 1.54) is 4.31 Å². The maximum Gasteiger partial charge on any atom is 0.252 e. The van der Waals surface area contributed by atoms with Crippen molar-refractivity contribution in [3.05, 3.63) is 51.3 Å². The van der Waals surface area contributed by atoms with Gasteiger partial charge in [-0.3, -0.25) is 4.79 Å². The lowest BCUT2D eigenvalue weighted by Gasteiger charge is -2.25. The third kappa shape index (κ3) is 5.17. The third-order valence-corrected chi connectivity index (χ3v) is 8.26. The summed E-state index contributed by atoms with van der Waals surface area (Å²) in [5, 5.41) is 2.95. The smallest absolute Gasteiger partial charge is 0.252 e. The predicted octanol–water partition coefficient (Wildman–Crippen LogP) is 2.95. The zero-order valence-electron chi connectivity index (χ0n) is 14.9. The van der Waals surface area contributed by atoms with Crippen molar-refractivity contribution >= 4 is 43.2 Å². The third-order valence-electron chi connectivity index (χ3n) is 4.28. The Balaban J connectivity index is 1.61. The molecule has 0 aliphatic carbocycles. The molecule has 1 amide bonds. The second-order valence-electron chi connectivity index (χ2n) is 6.25. The maximum atomic E-state index is 12.7. The minimum atomic E-state index is -3.51. The van der Waals surface area contributed by atoms with Gasteiger partial charge in [-0.25, -0.2) is 8.42 Å². The van der Waals surface area contributed by atoms with Crippen molar-refractivity contribution in [2.75, 3.05) is 26.3 Å². The van der Waals surface area contributed by atoms with Crippen LogP contribution in [0.5, 0.6) is 0 Å². The summed E-state index contributed by atoms with van der Waals surface area (Å²) in [5.41, 5.74) is 1.01. The van der Waals surface area contributed by atoms with Gasteiger partial charge in [0.15, 0.2) is 0 Å². The van der Waals surface area contributed by atoms with Gasteiger partial charge in [-0.15, -0.1) is 11.3 Å². The minimum absolute atomic E-state index is 0.123. The van der Waals surface area contributed by atoms with E-state index in [0.717, 1.165) is 26.3 Å². The molecule has 0 bridgehead atoms. The average molecular weight is 473 g/mol. The van der Waals surface area contributed by atoms with E-state index in [1.807, 2.05) is 31.2 Å². The summed E-state index contributed by atoms with van der Waals surface area (Å²) < 4.78 is 33.2. The molecule has 27 heavy (non-hydrogen) atoms. The van der Waals surface area contributed by atoms with Crippen LogP contribution in [-0.2, 0) is 26.0 Å². The molecule has 2 heterocycles. The monoisotopic (exact) mass is 472 g/mol. The highest BCUT2D eigenvalue weighted by molar-refractivity contribution is 9.10. The molecule has 1 aromatic carbocycles. The van der Waals surface area contributed by atoms with Crippen LogP contribution >= 0.6 is 27.3 Å². The van der Waals surface area contributed by atoms with Crippen LogP contribution in [0.1, 0.15) is 23.4 Å². The van der Waals surface area contributed by atoms with Crippen LogP contribution in [0.4, 0.5) is 0 Å². The van der Waals surface area contributed by atoms with Crippen molar-refractivity contribution in [2.24, 2.45) is 0 Å². The van der Waals surface area contributed by atoms with Crippen LogP contribution in [0.2, 0.25) is 0 Å². The average Bonchev–Trinajstić information content (AvgIpc) is 3.12. The summed E-state index contributed by atoms with van der Waals surface area (Å²) in [5.74, 6) is -0.136. The van der Waals surface area contributed by atoms with Crippen LogP contribution < -0.4 is 5.32 Å². The maximum absolute atomic E-state index is 12.7. The van der Waals surface area contributed by atoms with Crippen LogP contribution in [0.3, 0.4) is 0 Å². The topological polar surface area (TPSA) is 75.7 Å². The Kier molecular flexibility index (Phi) is 6.69. The van der Waals surface area contributed by atoms with E-state index in [-0.39, 0.29) is 22.6 Å². The molecule has 1 aromatic heterocycles. The first kappa shape index (κ1) is 20.5. The summed E-state index contributed by atoms with van der Waals surface area (Å²) in [6, 6.07) is 10.9. The fourth-order valence-electron chi connectivity index (χ4n) is 2.79. The molecule has 146 valence electrons. The van der Waals surface area contributed by atoms with E-state index in [2.05, 4.69) is 21.2 Å². The highest BCUT2D eigenvalue weighted by atomic mass is 79.9. The van der Waals surface area contributed by atoms with Crippen molar-refractivity contribution in [2.45, 2.75) is 23.6 Å². The SMILES string of the molecule is CC(NC(=O)Cc1ccc(S(=O)(=O)N2CCOCC2)s1)c1ccc(Br)cc1. The zero-order valence-corrected chi connectivity index (χ0v) is 18.1. The number of ether oxygens (including phenoxy) is 1. The van der Waals surface area contributed by atoms with E-state index in [4.69, 9.17) is 4.74 Å². The van der Waals surface area contributed by atoms with E-state index in [1.54, 1.807) is 12.1 Å². The highest BCUT2D eigenvalue weighted by Gasteiger charge is 2.28. The standard InChI is InChI=1S/C18H21BrN2O4S2/c1-13(14-2-4-15(19)5-3-14)20-17(22)12-16-6-7-18(26-16)27(23,24)21-8-10-25-11-9-21/h2-7,13H,8-12H2,1H3,(H,20,22). The van der Waals surface area contributed by atoms with Gasteiger partial charge in [0.1, 0.15) is 4.21 Å². The molecule has 1 unspecified atom stereocenters. The first-order valence-corrected chi connectivity index (χ1v) is 11.6. The van der Waals surface area contributed by atoms with Gasteiger partial charge in [-0.1, -0.05) is 28.1 Å². The molecular weight excluding hydrogens is 452 g/mol. The van der Waals surface area contributed by atoms with Crippen LogP contribution in [0.25, 0.3) is 0 Å². The second kappa shape index (κ2) is 8.83. The summed E-state index contributed by atoms with van der Waals surface area (Å²) in [7, 11) is -3.51. The van der Waals surface area contributed by atoms with Crippen LogP contribution in [0, 0.1) is 0 Å². The molecule has 9 heteroatoms. The number of hydrogen-bond donors (Lipinski definition) is 1. The van der Waals surface area contributed by atoms with Gasteiger partial charge in [0.25, 0.3) is 10.0 Å². The van der Waals surface area contributed by atoms with Crippen molar-refractivity contribution in [3.63, 3.8) is 0 Å². The minimum Gasteiger partial charge on any atom is -0.379 e. The first-order chi connectivity index (χ1) is 12.9. The number of halogens is 1. The quantitative estimate of drug-likeness (QED) is 0.700. The molecule has 1 fully saturated rings. The number of sulfonamides is 1. The number of nitrogens with one attached hydrogen (secondary N) is 1. The number of amides is 1. The van der Waals surface area contributed by atoms with Crippen molar-refractivity contribution in [1.82, 2.24) is 9.62 Å². The Morgan fingerprint density at radius 1 is 1.22 bits per heavy atom. The Morgan fingerprint density at radius 3 is 2.56 bits per heavy atom. The van der Waals surface area contributed by atoms with Crippen molar-refractivity contribution in [3.8, 4) is 0 Å². The number of morpholine rings is 1. The van der Waals surface area contributed by atoms with Gasteiger partial charge in [-0.05, 0) is 36.8 Å². The molecule has 0 radical (unpaired) electrons. The zero-order chi connectivity index (χ0) is 19.4. The molecule has 1 saturated heterocycles. The lowest BCUT2D eigenvalue weighted by Crippen LogP contribution is -2.40. The number of nitrogens with zero attached hydrogens (tertiary/aromatic N) is 1. The van der Waals surface area contributed by atoms with Crippen molar-refractivity contribution < 1.29 is 17.9 Å². The molecular formula is C18H21BrN2O4S2. The van der Waals surface area contributed by atoms with E-state index in [0.29, 0.717) is 26.3 Å². The van der Waals surface area contributed by atoms with Gasteiger partial charge in [0.2, 0.25) is 5.91 Å². The molecule has 0 saturated carbocycles. The number of carbonyl (C=O) groups excluding carboxylic acids is 1. The first-order valence-electron chi connectivity index (χ1n) is 8.58. The van der Waals surface area contributed by atoms with Gasteiger partial charge >= 0.3 is 0 Å². The fourth-order valence-corrected chi connectivity index (χ4v) is 5.97. The molecule has 1 aliphatic rings. The van der Waals surface area contributed by atoms with Crippen molar-refractivity contribution in [1.29, 1.82) is 0 Å². The molecule has 2 aromatic rings. The lowest BCUT2D eigenvalue weighted by atomic mass is 10.1. The molecule has 1 atom stereocenters. The van der Waals surface area contributed by atoms with Crippen LogP contribution in [0.15, 0.2) is 45.1 Å². The lowest BCUT2D eigenvalue weighted by molar-refractivity contribution is -0.121. The predicted molar refractivity (Wildman–Crippen MR) is 108 cm³/mol. The van der Waals surface area contributed by atoms with E-state index < -0.39 is 10.0 Å². The fraction of sp³-hybridized carbons (Fsp3) is 0.389. The molecule has 1 aliphatic heterocycles. The summed E-state index contributed by atoms with van der Waals surface area (Å²) in [6.07, 6.45) is 0.157. The summed E-state index contributed by atoms with van der Waals surface area (Å²) in [6.45, 7) is 3.47. The van der Waals surface area contributed by atoms with Gasteiger partial charge in [0.05, 0.1) is 25.7 Å². The Labute approximate surface area is 171 Å². The summed E-state index contributed by atoms with van der Waals surface area (Å²) in [4.78, 5) is 13.1. The van der Waals surface area contributed by atoms with Gasteiger partial charge in [0, 0.05) is 22.4 Å². The normalized spacial score (nSPS) is 16.8. The Bertz CT molecular complexity index is 890. The second-order valence-corrected chi connectivity index (χ2v) is 10.5. The molecule has 1 N–H and O–H groups in total. The number of benzene rings is 1. The molecule has 6 nitrogen and oxygen atoms in total. The molecule has 3 rings (SSSR count). The highest BCUT2D eigenvalue weighted by Crippen LogP contribution is 2.26. The van der Waals surface area contributed by atoms with E-state index in [9.17, 15) is 13.2 Å².